The maximum atomic E-state index is 5.92. The SMILES string of the molecule is C/C=C/C1(OC2CCCCO2)CC1. The minimum Gasteiger partial charge on any atom is -0.353 e. The number of hydrogen-bond donors (Lipinski definition) is 0. The van der Waals surface area contributed by atoms with Gasteiger partial charge in [0.05, 0.1) is 5.60 Å². The Balaban J connectivity index is 1.82. The third-order valence-electron chi connectivity index (χ3n) is 2.72. The summed E-state index contributed by atoms with van der Waals surface area (Å²) in [6.07, 6.45) is 10.1. The van der Waals surface area contributed by atoms with Crippen LogP contribution in [-0.2, 0) is 9.47 Å². The second-order valence-electron chi connectivity index (χ2n) is 3.98. The Kier molecular flexibility index (Phi) is 2.70. The minimum absolute atomic E-state index is 0.0523. The van der Waals surface area contributed by atoms with Crippen molar-refractivity contribution >= 4 is 0 Å². The van der Waals surface area contributed by atoms with E-state index in [9.17, 15) is 0 Å². The second kappa shape index (κ2) is 3.81. The molecular weight excluding hydrogens is 164 g/mol. The summed E-state index contributed by atoms with van der Waals surface area (Å²) in [6, 6.07) is 0. The summed E-state index contributed by atoms with van der Waals surface area (Å²) < 4.78 is 11.5. The molecule has 2 aliphatic rings. The van der Waals surface area contributed by atoms with Crippen molar-refractivity contribution in [1.29, 1.82) is 0 Å². The van der Waals surface area contributed by atoms with Crippen LogP contribution in [0.1, 0.15) is 39.0 Å². The van der Waals surface area contributed by atoms with E-state index in [-0.39, 0.29) is 11.9 Å². The summed E-state index contributed by atoms with van der Waals surface area (Å²) >= 11 is 0. The average Bonchev–Trinajstić information content (AvgIpc) is 2.87. The first kappa shape index (κ1) is 9.22. The summed E-state index contributed by atoms with van der Waals surface area (Å²) in [5, 5.41) is 0. The molecule has 0 amide bonds. The van der Waals surface area contributed by atoms with Crippen LogP contribution in [0, 0.1) is 0 Å². The van der Waals surface area contributed by atoms with E-state index in [1.54, 1.807) is 0 Å². The molecule has 0 aromatic rings. The van der Waals surface area contributed by atoms with E-state index >= 15 is 0 Å². The zero-order chi connectivity index (χ0) is 9.15. The van der Waals surface area contributed by atoms with E-state index < -0.39 is 0 Å². The standard InChI is InChI=1S/C11H18O2/c1-2-6-11(7-8-11)13-10-5-3-4-9-12-10/h2,6,10H,3-5,7-9H2,1H3/b6-2+. The van der Waals surface area contributed by atoms with Gasteiger partial charge in [-0.05, 0) is 39.0 Å². The van der Waals surface area contributed by atoms with Crippen LogP contribution in [0.3, 0.4) is 0 Å². The Labute approximate surface area is 79.9 Å². The zero-order valence-corrected chi connectivity index (χ0v) is 8.29. The normalized spacial score (nSPS) is 32.2. The van der Waals surface area contributed by atoms with Crippen molar-refractivity contribution in [3.63, 3.8) is 0 Å². The molecule has 13 heavy (non-hydrogen) atoms. The van der Waals surface area contributed by atoms with Gasteiger partial charge in [0, 0.05) is 6.61 Å². The molecule has 0 aromatic heterocycles. The van der Waals surface area contributed by atoms with Crippen molar-refractivity contribution in [3.05, 3.63) is 12.2 Å². The maximum absolute atomic E-state index is 5.92. The van der Waals surface area contributed by atoms with Crippen LogP contribution in [0.25, 0.3) is 0 Å². The Morgan fingerprint density at radius 2 is 2.23 bits per heavy atom. The minimum atomic E-state index is 0.0523. The van der Waals surface area contributed by atoms with E-state index in [2.05, 4.69) is 12.2 Å². The van der Waals surface area contributed by atoms with E-state index in [1.165, 1.54) is 12.8 Å². The first-order chi connectivity index (χ1) is 6.35. The van der Waals surface area contributed by atoms with Crippen molar-refractivity contribution in [2.45, 2.75) is 50.9 Å². The molecule has 2 nitrogen and oxygen atoms in total. The largest absolute Gasteiger partial charge is 0.353 e. The molecule has 1 unspecified atom stereocenters. The highest BCUT2D eigenvalue weighted by molar-refractivity contribution is 5.11. The van der Waals surface area contributed by atoms with Gasteiger partial charge in [0.2, 0.25) is 0 Å². The lowest BCUT2D eigenvalue weighted by Crippen LogP contribution is -2.27. The quantitative estimate of drug-likeness (QED) is 0.625. The smallest absolute Gasteiger partial charge is 0.158 e. The Bertz CT molecular complexity index is 188. The van der Waals surface area contributed by atoms with Crippen LogP contribution < -0.4 is 0 Å². The zero-order valence-electron chi connectivity index (χ0n) is 8.29. The molecule has 74 valence electrons. The van der Waals surface area contributed by atoms with Crippen molar-refractivity contribution in [3.8, 4) is 0 Å². The molecule has 1 aliphatic carbocycles. The molecule has 1 saturated carbocycles. The van der Waals surface area contributed by atoms with Crippen LogP contribution in [0.15, 0.2) is 12.2 Å². The van der Waals surface area contributed by atoms with Gasteiger partial charge in [0.25, 0.3) is 0 Å². The fourth-order valence-electron chi connectivity index (χ4n) is 1.82. The van der Waals surface area contributed by atoms with Gasteiger partial charge < -0.3 is 9.47 Å². The lowest BCUT2D eigenvalue weighted by Gasteiger charge is -2.26. The van der Waals surface area contributed by atoms with Crippen LogP contribution in [-0.4, -0.2) is 18.5 Å². The van der Waals surface area contributed by atoms with Crippen LogP contribution >= 0.6 is 0 Å². The van der Waals surface area contributed by atoms with Gasteiger partial charge in [0.1, 0.15) is 0 Å². The van der Waals surface area contributed by atoms with Crippen molar-refractivity contribution in [1.82, 2.24) is 0 Å². The van der Waals surface area contributed by atoms with Gasteiger partial charge in [-0.25, -0.2) is 0 Å². The summed E-state index contributed by atoms with van der Waals surface area (Å²) in [5.41, 5.74) is 0.0523. The van der Waals surface area contributed by atoms with Crippen LogP contribution in [0.4, 0.5) is 0 Å². The predicted octanol–water partition coefficient (Wildman–Crippen LogP) is 2.64. The lowest BCUT2D eigenvalue weighted by molar-refractivity contribution is -0.186. The highest BCUT2D eigenvalue weighted by Crippen LogP contribution is 2.42. The fourth-order valence-corrected chi connectivity index (χ4v) is 1.82. The summed E-state index contributed by atoms with van der Waals surface area (Å²) in [7, 11) is 0. The molecule has 1 saturated heterocycles. The van der Waals surface area contributed by atoms with E-state index in [0.717, 1.165) is 25.9 Å². The molecule has 2 rings (SSSR count). The molecule has 1 aliphatic heterocycles. The first-order valence-corrected chi connectivity index (χ1v) is 5.28. The molecule has 0 spiro atoms. The van der Waals surface area contributed by atoms with Gasteiger partial charge in [-0.15, -0.1) is 0 Å². The van der Waals surface area contributed by atoms with Gasteiger partial charge in [-0.1, -0.05) is 12.2 Å². The Morgan fingerprint density at radius 3 is 2.77 bits per heavy atom. The van der Waals surface area contributed by atoms with Crippen LogP contribution in [0.2, 0.25) is 0 Å². The van der Waals surface area contributed by atoms with Gasteiger partial charge in [-0.2, -0.15) is 0 Å². The van der Waals surface area contributed by atoms with E-state index in [4.69, 9.17) is 9.47 Å². The monoisotopic (exact) mass is 182 g/mol. The van der Waals surface area contributed by atoms with Gasteiger partial charge >= 0.3 is 0 Å². The van der Waals surface area contributed by atoms with Gasteiger partial charge in [-0.3, -0.25) is 0 Å². The fraction of sp³-hybridized carbons (Fsp3) is 0.818. The molecule has 0 aromatic carbocycles. The van der Waals surface area contributed by atoms with E-state index in [1.807, 2.05) is 6.92 Å². The number of allylic oxidation sites excluding steroid dienone is 1. The highest BCUT2D eigenvalue weighted by atomic mass is 16.7. The molecule has 2 heteroatoms. The summed E-state index contributed by atoms with van der Waals surface area (Å²) in [4.78, 5) is 0. The number of ether oxygens (including phenoxy) is 2. The molecular formula is C11H18O2. The van der Waals surface area contributed by atoms with Crippen molar-refractivity contribution < 1.29 is 9.47 Å². The summed E-state index contributed by atoms with van der Waals surface area (Å²) in [5.74, 6) is 0. The number of hydrogen-bond acceptors (Lipinski definition) is 2. The van der Waals surface area contributed by atoms with E-state index in [0.29, 0.717) is 0 Å². The third-order valence-corrected chi connectivity index (χ3v) is 2.72. The lowest BCUT2D eigenvalue weighted by atomic mass is 10.2. The molecule has 0 bridgehead atoms. The molecule has 1 heterocycles. The van der Waals surface area contributed by atoms with Gasteiger partial charge in [0.15, 0.2) is 6.29 Å². The van der Waals surface area contributed by atoms with Crippen molar-refractivity contribution in [2.75, 3.05) is 6.61 Å². The average molecular weight is 182 g/mol. The Morgan fingerprint density at radius 1 is 1.38 bits per heavy atom. The molecule has 2 fully saturated rings. The molecule has 0 N–H and O–H groups in total. The molecule has 0 radical (unpaired) electrons. The summed E-state index contributed by atoms with van der Waals surface area (Å²) in [6.45, 7) is 2.92. The number of rotatable bonds is 3. The Hall–Kier alpha value is -0.340. The predicted molar refractivity (Wildman–Crippen MR) is 51.5 cm³/mol. The highest BCUT2D eigenvalue weighted by Gasteiger charge is 2.43. The maximum Gasteiger partial charge on any atom is 0.158 e. The second-order valence-corrected chi connectivity index (χ2v) is 3.98. The topological polar surface area (TPSA) is 18.5 Å². The first-order valence-electron chi connectivity index (χ1n) is 5.28. The third kappa shape index (κ3) is 2.32. The van der Waals surface area contributed by atoms with Crippen molar-refractivity contribution in [2.24, 2.45) is 0 Å². The van der Waals surface area contributed by atoms with Crippen LogP contribution in [0.5, 0.6) is 0 Å². The molecule has 1 atom stereocenters.